The molecule has 1 atom stereocenters. The molecule has 2 N–H and O–H groups in total. The SMILES string of the molecule is CC(=O)Oc1ccc(C(=O)NCCc2cccc(-c3ccc(CC4SC(=O)NC4=O)cc3)c2)cc1. The van der Waals surface area contributed by atoms with Gasteiger partial charge in [-0.1, -0.05) is 60.3 Å². The molecule has 3 amide bonds. The third-order valence-corrected chi connectivity index (χ3v) is 6.46. The van der Waals surface area contributed by atoms with Gasteiger partial charge < -0.3 is 10.1 Å². The molecule has 35 heavy (non-hydrogen) atoms. The molecule has 7 nitrogen and oxygen atoms in total. The van der Waals surface area contributed by atoms with Crippen molar-refractivity contribution in [2.75, 3.05) is 6.54 Å². The molecule has 0 spiro atoms. The Labute approximate surface area is 207 Å². The van der Waals surface area contributed by atoms with Gasteiger partial charge in [-0.2, -0.15) is 0 Å². The lowest BCUT2D eigenvalue weighted by atomic mass is 9.99. The summed E-state index contributed by atoms with van der Waals surface area (Å²) < 4.78 is 4.98. The Morgan fingerprint density at radius 2 is 1.69 bits per heavy atom. The first kappa shape index (κ1) is 24.2. The van der Waals surface area contributed by atoms with Crippen molar-refractivity contribution in [3.05, 3.63) is 89.5 Å². The molecule has 3 aromatic carbocycles. The number of amides is 3. The summed E-state index contributed by atoms with van der Waals surface area (Å²) in [5.41, 5.74) is 4.69. The highest BCUT2D eigenvalue weighted by molar-refractivity contribution is 8.15. The highest BCUT2D eigenvalue weighted by Gasteiger charge is 2.31. The van der Waals surface area contributed by atoms with E-state index in [1.807, 2.05) is 42.5 Å². The zero-order chi connectivity index (χ0) is 24.8. The second-order valence-corrected chi connectivity index (χ2v) is 9.28. The van der Waals surface area contributed by atoms with Crippen LogP contribution in [0.2, 0.25) is 0 Å². The Bertz CT molecular complexity index is 1260. The van der Waals surface area contributed by atoms with Crippen LogP contribution in [0.5, 0.6) is 5.75 Å². The van der Waals surface area contributed by atoms with Crippen LogP contribution in [0.4, 0.5) is 4.79 Å². The molecule has 0 bridgehead atoms. The number of hydrogen-bond acceptors (Lipinski definition) is 6. The average Bonchev–Trinajstić information content (AvgIpc) is 3.16. The zero-order valence-corrected chi connectivity index (χ0v) is 19.9. The largest absolute Gasteiger partial charge is 0.427 e. The standard InChI is InChI=1S/C27H24N2O5S/c1-17(30)34-23-11-9-21(10-12-23)25(31)28-14-13-18-3-2-4-22(15-18)20-7-5-19(6-8-20)16-24-26(32)29-27(33)35-24/h2-12,15,24H,13-14,16H2,1H3,(H,28,31)(H,29,32,33). The Morgan fingerprint density at radius 1 is 0.943 bits per heavy atom. The second kappa shape index (κ2) is 11.0. The number of thioether (sulfide) groups is 1. The van der Waals surface area contributed by atoms with E-state index in [4.69, 9.17) is 4.74 Å². The predicted molar refractivity (Wildman–Crippen MR) is 134 cm³/mol. The minimum atomic E-state index is -0.407. The molecule has 0 radical (unpaired) electrons. The van der Waals surface area contributed by atoms with Gasteiger partial charge in [0.15, 0.2) is 0 Å². The van der Waals surface area contributed by atoms with Crippen LogP contribution in [0.25, 0.3) is 11.1 Å². The Kier molecular flexibility index (Phi) is 7.62. The van der Waals surface area contributed by atoms with Crippen molar-refractivity contribution >= 4 is 34.8 Å². The summed E-state index contributed by atoms with van der Waals surface area (Å²) in [5, 5.41) is 4.56. The molecular weight excluding hydrogens is 464 g/mol. The van der Waals surface area contributed by atoms with Gasteiger partial charge in [0, 0.05) is 19.0 Å². The van der Waals surface area contributed by atoms with E-state index in [1.54, 1.807) is 24.3 Å². The maximum atomic E-state index is 12.4. The van der Waals surface area contributed by atoms with Gasteiger partial charge >= 0.3 is 5.97 Å². The van der Waals surface area contributed by atoms with E-state index in [0.29, 0.717) is 30.7 Å². The molecule has 178 valence electrons. The summed E-state index contributed by atoms with van der Waals surface area (Å²) in [6, 6.07) is 22.5. The number of ether oxygens (including phenoxy) is 1. The number of rotatable bonds is 8. The Hall–Kier alpha value is -3.91. The van der Waals surface area contributed by atoms with Gasteiger partial charge in [-0.25, -0.2) is 0 Å². The van der Waals surface area contributed by atoms with Crippen molar-refractivity contribution in [1.29, 1.82) is 0 Å². The quantitative estimate of drug-likeness (QED) is 0.365. The molecule has 0 saturated carbocycles. The molecule has 1 aliphatic rings. The summed E-state index contributed by atoms with van der Waals surface area (Å²) in [6.45, 7) is 1.80. The second-order valence-electron chi connectivity index (χ2n) is 8.11. The minimum absolute atomic E-state index is 0.193. The number of esters is 1. The number of imide groups is 1. The predicted octanol–water partition coefficient (Wildman–Crippen LogP) is 4.15. The maximum absolute atomic E-state index is 12.4. The van der Waals surface area contributed by atoms with Gasteiger partial charge in [0.05, 0.1) is 5.25 Å². The van der Waals surface area contributed by atoms with Gasteiger partial charge in [0.1, 0.15) is 5.75 Å². The summed E-state index contributed by atoms with van der Waals surface area (Å²) in [7, 11) is 0. The third kappa shape index (κ3) is 6.58. The number of nitrogens with one attached hydrogen (secondary N) is 2. The smallest absolute Gasteiger partial charge is 0.308 e. The van der Waals surface area contributed by atoms with Crippen molar-refractivity contribution in [3.8, 4) is 16.9 Å². The molecule has 8 heteroatoms. The normalized spacial score (nSPS) is 14.9. The average molecular weight is 489 g/mol. The van der Waals surface area contributed by atoms with Gasteiger partial charge in [-0.3, -0.25) is 24.5 Å². The Balaban J connectivity index is 1.31. The summed E-state index contributed by atoms with van der Waals surface area (Å²) in [5.74, 6) is -0.433. The number of carbonyl (C=O) groups is 4. The van der Waals surface area contributed by atoms with Crippen LogP contribution >= 0.6 is 11.8 Å². The van der Waals surface area contributed by atoms with Gasteiger partial charge in [0.25, 0.3) is 11.1 Å². The lowest BCUT2D eigenvalue weighted by Crippen LogP contribution is -2.25. The first-order valence-corrected chi connectivity index (χ1v) is 12.0. The molecule has 0 aliphatic carbocycles. The minimum Gasteiger partial charge on any atom is -0.427 e. The van der Waals surface area contributed by atoms with Gasteiger partial charge in [0.2, 0.25) is 5.91 Å². The number of benzene rings is 3. The number of carbonyl (C=O) groups excluding carboxylic acids is 4. The molecule has 1 unspecified atom stereocenters. The zero-order valence-electron chi connectivity index (χ0n) is 19.1. The monoisotopic (exact) mass is 488 g/mol. The van der Waals surface area contributed by atoms with Crippen molar-refractivity contribution in [3.63, 3.8) is 0 Å². The van der Waals surface area contributed by atoms with E-state index >= 15 is 0 Å². The molecule has 4 rings (SSSR count). The van der Waals surface area contributed by atoms with E-state index in [0.717, 1.165) is 34.0 Å². The van der Waals surface area contributed by atoms with E-state index in [2.05, 4.69) is 16.7 Å². The topological polar surface area (TPSA) is 102 Å². The summed E-state index contributed by atoms with van der Waals surface area (Å²) in [6.07, 6.45) is 1.18. The van der Waals surface area contributed by atoms with Crippen LogP contribution in [0.15, 0.2) is 72.8 Å². The molecular formula is C27H24N2O5S. The summed E-state index contributed by atoms with van der Waals surface area (Å²) >= 11 is 1.03. The fraction of sp³-hybridized carbons (Fsp3) is 0.185. The van der Waals surface area contributed by atoms with Crippen molar-refractivity contribution in [1.82, 2.24) is 10.6 Å². The lowest BCUT2D eigenvalue weighted by molar-refractivity contribution is -0.131. The summed E-state index contributed by atoms with van der Waals surface area (Å²) in [4.78, 5) is 46.5. The van der Waals surface area contributed by atoms with Crippen LogP contribution < -0.4 is 15.4 Å². The fourth-order valence-electron chi connectivity index (χ4n) is 3.74. The van der Waals surface area contributed by atoms with Gasteiger partial charge in [-0.15, -0.1) is 0 Å². The van der Waals surface area contributed by atoms with Gasteiger partial charge in [-0.05, 0) is 59.4 Å². The van der Waals surface area contributed by atoms with Crippen molar-refractivity contribution in [2.24, 2.45) is 0 Å². The van der Waals surface area contributed by atoms with E-state index in [-0.39, 0.29) is 22.3 Å². The van der Waals surface area contributed by atoms with Crippen LogP contribution in [0.3, 0.4) is 0 Å². The van der Waals surface area contributed by atoms with Crippen molar-refractivity contribution in [2.45, 2.75) is 25.0 Å². The fourth-order valence-corrected chi connectivity index (χ4v) is 4.60. The molecule has 0 aromatic heterocycles. The molecule has 1 aliphatic heterocycles. The molecule has 1 heterocycles. The first-order valence-electron chi connectivity index (χ1n) is 11.1. The molecule has 3 aromatic rings. The van der Waals surface area contributed by atoms with Crippen LogP contribution in [-0.4, -0.2) is 34.8 Å². The first-order chi connectivity index (χ1) is 16.9. The van der Waals surface area contributed by atoms with Crippen LogP contribution in [0.1, 0.15) is 28.4 Å². The van der Waals surface area contributed by atoms with E-state index in [1.165, 1.54) is 6.92 Å². The maximum Gasteiger partial charge on any atom is 0.308 e. The van der Waals surface area contributed by atoms with E-state index in [9.17, 15) is 19.2 Å². The number of hydrogen-bond donors (Lipinski definition) is 2. The lowest BCUT2D eigenvalue weighted by Gasteiger charge is -2.09. The van der Waals surface area contributed by atoms with Crippen molar-refractivity contribution < 1.29 is 23.9 Å². The third-order valence-electron chi connectivity index (χ3n) is 5.48. The highest BCUT2D eigenvalue weighted by Crippen LogP contribution is 2.25. The molecule has 1 fully saturated rings. The highest BCUT2D eigenvalue weighted by atomic mass is 32.2. The Morgan fingerprint density at radius 3 is 2.34 bits per heavy atom. The molecule has 1 saturated heterocycles. The van der Waals surface area contributed by atoms with Crippen LogP contribution in [0, 0.1) is 0 Å². The van der Waals surface area contributed by atoms with E-state index < -0.39 is 5.97 Å². The van der Waals surface area contributed by atoms with Crippen LogP contribution in [-0.2, 0) is 22.4 Å².